The van der Waals surface area contributed by atoms with Crippen molar-refractivity contribution in [2.75, 3.05) is 0 Å². The maximum atomic E-state index is 13.5. The highest BCUT2D eigenvalue weighted by atomic mass is 19.1. The van der Waals surface area contributed by atoms with E-state index < -0.39 is 23.8 Å². The lowest BCUT2D eigenvalue weighted by Crippen LogP contribution is -2.30. The predicted molar refractivity (Wildman–Crippen MR) is 70.4 cm³/mol. The standard InChI is InChI=1S/C15H13F2NO2/c1-10(13-8-7-11(16)9-14(13)17)18-15(19)20-12-5-3-2-4-6-12/h2-10H,1H3,(H,18,19). The van der Waals surface area contributed by atoms with Gasteiger partial charge in [-0.2, -0.15) is 0 Å². The first-order valence-corrected chi connectivity index (χ1v) is 6.04. The Kier molecular flexibility index (Phi) is 4.30. The van der Waals surface area contributed by atoms with Crippen LogP contribution < -0.4 is 10.1 Å². The van der Waals surface area contributed by atoms with Crippen molar-refractivity contribution in [1.29, 1.82) is 0 Å². The van der Waals surface area contributed by atoms with Gasteiger partial charge in [-0.05, 0) is 25.1 Å². The van der Waals surface area contributed by atoms with E-state index in [1.54, 1.807) is 37.3 Å². The summed E-state index contributed by atoms with van der Waals surface area (Å²) in [5.41, 5.74) is 0.191. The number of hydrogen-bond donors (Lipinski definition) is 1. The smallest absolute Gasteiger partial charge is 0.410 e. The van der Waals surface area contributed by atoms with Crippen molar-refractivity contribution in [3.05, 3.63) is 65.7 Å². The highest BCUT2D eigenvalue weighted by molar-refractivity contribution is 5.70. The topological polar surface area (TPSA) is 38.3 Å². The van der Waals surface area contributed by atoms with Crippen molar-refractivity contribution in [3.63, 3.8) is 0 Å². The average Bonchev–Trinajstić information content (AvgIpc) is 2.39. The molecule has 0 fully saturated rings. The van der Waals surface area contributed by atoms with Crippen LogP contribution in [0.4, 0.5) is 13.6 Å². The fourth-order valence-corrected chi connectivity index (χ4v) is 1.73. The minimum atomic E-state index is -0.711. The summed E-state index contributed by atoms with van der Waals surface area (Å²) < 4.78 is 31.4. The zero-order chi connectivity index (χ0) is 14.5. The fraction of sp³-hybridized carbons (Fsp3) is 0.133. The van der Waals surface area contributed by atoms with Crippen molar-refractivity contribution >= 4 is 6.09 Å². The largest absolute Gasteiger partial charge is 0.413 e. The van der Waals surface area contributed by atoms with Crippen LogP contribution in [0.1, 0.15) is 18.5 Å². The van der Waals surface area contributed by atoms with Gasteiger partial charge in [0.25, 0.3) is 0 Å². The van der Waals surface area contributed by atoms with Gasteiger partial charge in [-0.1, -0.05) is 24.3 Å². The Bertz CT molecular complexity index is 602. The molecule has 0 aliphatic carbocycles. The van der Waals surface area contributed by atoms with E-state index in [0.717, 1.165) is 12.1 Å². The minimum Gasteiger partial charge on any atom is -0.410 e. The molecule has 104 valence electrons. The van der Waals surface area contributed by atoms with Gasteiger partial charge in [0, 0.05) is 11.6 Å². The number of para-hydroxylation sites is 1. The van der Waals surface area contributed by atoms with E-state index in [1.165, 1.54) is 6.07 Å². The zero-order valence-electron chi connectivity index (χ0n) is 10.8. The predicted octanol–water partition coefficient (Wildman–Crippen LogP) is 3.81. The zero-order valence-corrected chi connectivity index (χ0v) is 10.8. The second kappa shape index (κ2) is 6.14. The first-order valence-electron chi connectivity index (χ1n) is 6.04. The Morgan fingerprint density at radius 1 is 1.15 bits per heavy atom. The molecular formula is C15H13F2NO2. The Labute approximate surface area is 115 Å². The van der Waals surface area contributed by atoms with Crippen LogP contribution >= 0.6 is 0 Å². The summed E-state index contributed by atoms with van der Waals surface area (Å²) in [5, 5.41) is 2.48. The van der Waals surface area contributed by atoms with E-state index in [-0.39, 0.29) is 5.56 Å². The Morgan fingerprint density at radius 3 is 2.50 bits per heavy atom. The van der Waals surface area contributed by atoms with Crippen molar-refractivity contribution in [2.45, 2.75) is 13.0 Å². The second-order valence-corrected chi connectivity index (χ2v) is 4.23. The van der Waals surface area contributed by atoms with Gasteiger partial charge in [0.2, 0.25) is 0 Å². The normalized spacial score (nSPS) is 11.8. The van der Waals surface area contributed by atoms with Gasteiger partial charge in [-0.15, -0.1) is 0 Å². The third-order valence-corrected chi connectivity index (χ3v) is 2.72. The first-order chi connectivity index (χ1) is 9.56. The number of carbonyl (C=O) groups is 1. The number of amides is 1. The third kappa shape index (κ3) is 3.54. The SMILES string of the molecule is CC(NC(=O)Oc1ccccc1)c1ccc(F)cc1F. The first kappa shape index (κ1) is 14.0. The lowest BCUT2D eigenvalue weighted by molar-refractivity contribution is 0.196. The van der Waals surface area contributed by atoms with Gasteiger partial charge in [0.1, 0.15) is 17.4 Å². The molecule has 3 nitrogen and oxygen atoms in total. The maximum absolute atomic E-state index is 13.5. The van der Waals surface area contributed by atoms with E-state index in [0.29, 0.717) is 5.75 Å². The molecule has 0 heterocycles. The number of nitrogens with one attached hydrogen (secondary N) is 1. The number of benzene rings is 2. The van der Waals surface area contributed by atoms with E-state index >= 15 is 0 Å². The number of halogens is 2. The summed E-state index contributed by atoms with van der Waals surface area (Å²) in [5.74, 6) is -0.986. The highest BCUT2D eigenvalue weighted by Crippen LogP contribution is 2.18. The van der Waals surface area contributed by atoms with Crippen molar-refractivity contribution in [2.24, 2.45) is 0 Å². The molecule has 1 unspecified atom stereocenters. The molecule has 2 aromatic rings. The van der Waals surface area contributed by atoms with Crippen LogP contribution in [-0.4, -0.2) is 6.09 Å². The lowest BCUT2D eigenvalue weighted by atomic mass is 10.1. The van der Waals surface area contributed by atoms with Crippen LogP contribution in [0.25, 0.3) is 0 Å². The molecule has 1 amide bonds. The molecule has 0 aliphatic rings. The monoisotopic (exact) mass is 277 g/mol. The molecule has 0 radical (unpaired) electrons. The quantitative estimate of drug-likeness (QED) is 0.926. The average molecular weight is 277 g/mol. The summed E-state index contributed by atoms with van der Waals surface area (Å²) in [6, 6.07) is 11.1. The number of carbonyl (C=O) groups excluding carboxylic acids is 1. The van der Waals surface area contributed by atoms with Crippen molar-refractivity contribution < 1.29 is 18.3 Å². The molecular weight excluding hydrogens is 264 g/mol. The van der Waals surface area contributed by atoms with Gasteiger partial charge >= 0.3 is 6.09 Å². The van der Waals surface area contributed by atoms with Crippen LogP contribution in [0.5, 0.6) is 5.75 Å². The Balaban J connectivity index is 2.00. The summed E-state index contributed by atoms with van der Waals surface area (Å²) in [6.45, 7) is 1.59. The summed E-state index contributed by atoms with van der Waals surface area (Å²) in [4.78, 5) is 11.6. The lowest BCUT2D eigenvalue weighted by Gasteiger charge is -2.15. The molecule has 2 aromatic carbocycles. The summed E-state index contributed by atoms with van der Waals surface area (Å²) >= 11 is 0. The molecule has 2 rings (SSSR count). The third-order valence-electron chi connectivity index (χ3n) is 2.72. The van der Waals surface area contributed by atoms with E-state index in [1.807, 2.05) is 0 Å². The molecule has 0 saturated heterocycles. The summed E-state index contributed by atoms with van der Waals surface area (Å²) in [7, 11) is 0. The Hall–Kier alpha value is -2.43. The van der Waals surface area contributed by atoms with Gasteiger partial charge in [0.15, 0.2) is 0 Å². The summed E-state index contributed by atoms with van der Waals surface area (Å²) in [6.07, 6.45) is -0.701. The molecule has 1 N–H and O–H groups in total. The highest BCUT2D eigenvalue weighted by Gasteiger charge is 2.15. The molecule has 0 aliphatic heterocycles. The van der Waals surface area contributed by atoms with Crippen LogP contribution in [0.2, 0.25) is 0 Å². The molecule has 0 bridgehead atoms. The number of rotatable bonds is 3. The molecule has 0 aromatic heterocycles. The van der Waals surface area contributed by atoms with E-state index in [2.05, 4.69) is 5.32 Å². The van der Waals surface area contributed by atoms with E-state index in [9.17, 15) is 13.6 Å². The van der Waals surface area contributed by atoms with Crippen molar-refractivity contribution in [1.82, 2.24) is 5.32 Å². The molecule has 0 saturated carbocycles. The van der Waals surface area contributed by atoms with E-state index in [4.69, 9.17) is 4.74 Å². The number of ether oxygens (including phenoxy) is 1. The van der Waals surface area contributed by atoms with Gasteiger partial charge < -0.3 is 10.1 Å². The molecule has 20 heavy (non-hydrogen) atoms. The van der Waals surface area contributed by atoms with Gasteiger partial charge in [0.05, 0.1) is 6.04 Å². The van der Waals surface area contributed by atoms with Crippen LogP contribution in [-0.2, 0) is 0 Å². The maximum Gasteiger partial charge on any atom is 0.413 e. The molecule has 1 atom stereocenters. The Morgan fingerprint density at radius 2 is 1.85 bits per heavy atom. The second-order valence-electron chi connectivity index (χ2n) is 4.23. The minimum absolute atomic E-state index is 0.191. The van der Waals surface area contributed by atoms with Gasteiger partial charge in [-0.3, -0.25) is 0 Å². The van der Waals surface area contributed by atoms with Gasteiger partial charge in [-0.25, -0.2) is 13.6 Å². The van der Waals surface area contributed by atoms with Crippen LogP contribution in [0.15, 0.2) is 48.5 Å². The van der Waals surface area contributed by atoms with Crippen LogP contribution in [0, 0.1) is 11.6 Å². The fourth-order valence-electron chi connectivity index (χ4n) is 1.73. The number of hydrogen-bond acceptors (Lipinski definition) is 2. The van der Waals surface area contributed by atoms with Crippen molar-refractivity contribution in [3.8, 4) is 5.75 Å². The molecule has 0 spiro atoms. The van der Waals surface area contributed by atoms with Crippen LogP contribution in [0.3, 0.4) is 0 Å². The molecule has 5 heteroatoms.